The summed E-state index contributed by atoms with van der Waals surface area (Å²) in [6.45, 7) is 2.08. The van der Waals surface area contributed by atoms with E-state index in [0.29, 0.717) is 0 Å². The summed E-state index contributed by atoms with van der Waals surface area (Å²) in [5, 5.41) is 3.50. The number of hydrogen-bond donors (Lipinski definition) is 2. The van der Waals surface area contributed by atoms with Gasteiger partial charge in [-0.05, 0) is 36.2 Å². The van der Waals surface area contributed by atoms with Gasteiger partial charge in [-0.15, -0.1) is 0 Å². The lowest BCUT2D eigenvalue weighted by Crippen LogP contribution is -1.97. The molecule has 0 fully saturated rings. The normalized spacial score (nSPS) is 10.3. The summed E-state index contributed by atoms with van der Waals surface area (Å²) in [5.74, 6) is 0. The first kappa shape index (κ1) is 13.3. The van der Waals surface area contributed by atoms with Crippen LogP contribution in [0, 0.1) is 6.92 Å². The van der Waals surface area contributed by atoms with Crippen LogP contribution in [0.3, 0.4) is 0 Å². The van der Waals surface area contributed by atoms with Crippen molar-refractivity contribution in [1.82, 2.24) is 0 Å². The molecule has 2 nitrogen and oxygen atoms in total. The molecule has 0 unspecified atom stereocenters. The first-order valence-electron chi connectivity index (χ1n) is 7.01. The molecule has 0 saturated heterocycles. The number of nitrogens with two attached hydrogens (primary N) is 1. The molecule has 3 aromatic carbocycles. The third-order valence-electron chi connectivity index (χ3n) is 3.54. The van der Waals surface area contributed by atoms with Crippen LogP contribution in [0.1, 0.15) is 5.56 Å². The second kappa shape index (κ2) is 5.71. The molecule has 0 aromatic heterocycles. The molecule has 0 saturated carbocycles. The maximum atomic E-state index is 5.89. The van der Waals surface area contributed by atoms with Crippen LogP contribution in [0.5, 0.6) is 0 Å². The number of para-hydroxylation sites is 1. The van der Waals surface area contributed by atoms with Gasteiger partial charge in [0.25, 0.3) is 0 Å². The van der Waals surface area contributed by atoms with Gasteiger partial charge in [-0.25, -0.2) is 0 Å². The molecule has 0 spiro atoms. The largest absolute Gasteiger partial charge is 0.399 e. The fourth-order valence-corrected chi connectivity index (χ4v) is 2.38. The van der Waals surface area contributed by atoms with E-state index >= 15 is 0 Å². The van der Waals surface area contributed by atoms with Gasteiger partial charge in [0.15, 0.2) is 0 Å². The Hall–Kier alpha value is -2.74. The summed E-state index contributed by atoms with van der Waals surface area (Å²) in [6, 6.07) is 24.6. The van der Waals surface area contributed by atoms with Crippen molar-refractivity contribution in [3.63, 3.8) is 0 Å². The van der Waals surface area contributed by atoms with Crippen LogP contribution in [-0.2, 0) is 0 Å². The fraction of sp³-hybridized carbons (Fsp3) is 0.0526. The number of hydrogen-bond acceptors (Lipinski definition) is 2. The third-order valence-corrected chi connectivity index (χ3v) is 3.54. The number of nitrogen functional groups attached to an aromatic ring is 1. The molecule has 2 heteroatoms. The first-order valence-corrected chi connectivity index (χ1v) is 7.01. The third kappa shape index (κ3) is 2.90. The van der Waals surface area contributed by atoms with Crippen LogP contribution in [0.2, 0.25) is 0 Å². The van der Waals surface area contributed by atoms with E-state index in [1.54, 1.807) is 0 Å². The molecule has 0 heterocycles. The average Bonchev–Trinajstić information content (AvgIpc) is 2.52. The Bertz CT molecular complexity index is 749. The predicted molar refractivity (Wildman–Crippen MR) is 90.8 cm³/mol. The van der Waals surface area contributed by atoms with Crippen molar-refractivity contribution in [1.29, 1.82) is 0 Å². The van der Waals surface area contributed by atoms with Crippen molar-refractivity contribution in [2.75, 3.05) is 11.1 Å². The summed E-state index contributed by atoms with van der Waals surface area (Å²) >= 11 is 0. The molecular formula is C19H18N2. The van der Waals surface area contributed by atoms with E-state index in [1.165, 1.54) is 16.7 Å². The minimum atomic E-state index is 0.764. The highest BCUT2D eigenvalue weighted by atomic mass is 14.9. The van der Waals surface area contributed by atoms with Gasteiger partial charge in [-0.1, -0.05) is 54.6 Å². The average molecular weight is 274 g/mol. The van der Waals surface area contributed by atoms with Crippen LogP contribution >= 0.6 is 0 Å². The van der Waals surface area contributed by atoms with Crippen molar-refractivity contribution in [3.8, 4) is 11.1 Å². The van der Waals surface area contributed by atoms with Crippen LogP contribution in [0.15, 0.2) is 72.8 Å². The van der Waals surface area contributed by atoms with Crippen molar-refractivity contribution in [2.24, 2.45) is 0 Å². The SMILES string of the molecule is Cc1ccc(N)cc1Nc1ccccc1-c1ccccc1. The molecule has 0 bridgehead atoms. The second-order valence-electron chi connectivity index (χ2n) is 5.11. The molecular weight excluding hydrogens is 256 g/mol. The van der Waals surface area contributed by atoms with Crippen LogP contribution < -0.4 is 11.1 Å². The highest BCUT2D eigenvalue weighted by molar-refractivity contribution is 5.82. The van der Waals surface area contributed by atoms with Gasteiger partial charge >= 0.3 is 0 Å². The van der Waals surface area contributed by atoms with Crippen molar-refractivity contribution < 1.29 is 0 Å². The number of nitrogens with one attached hydrogen (secondary N) is 1. The lowest BCUT2D eigenvalue weighted by Gasteiger charge is -2.14. The smallest absolute Gasteiger partial charge is 0.0463 e. The summed E-state index contributed by atoms with van der Waals surface area (Å²) < 4.78 is 0. The van der Waals surface area contributed by atoms with Gasteiger partial charge in [0.05, 0.1) is 0 Å². The number of benzene rings is 3. The lowest BCUT2D eigenvalue weighted by molar-refractivity contribution is 1.43. The number of anilines is 3. The maximum Gasteiger partial charge on any atom is 0.0463 e. The first-order chi connectivity index (χ1) is 10.2. The molecule has 0 atom stereocenters. The van der Waals surface area contributed by atoms with Gasteiger partial charge in [0.2, 0.25) is 0 Å². The monoisotopic (exact) mass is 274 g/mol. The van der Waals surface area contributed by atoms with Crippen LogP contribution in [0.25, 0.3) is 11.1 Å². The van der Waals surface area contributed by atoms with Gasteiger partial charge in [0, 0.05) is 22.6 Å². The summed E-state index contributed by atoms with van der Waals surface area (Å²) in [7, 11) is 0. The van der Waals surface area contributed by atoms with Gasteiger partial charge in [-0.3, -0.25) is 0 Å². The van der Waals surface area contributed by atoms with Gasteiger partial charge in [0.1, 0.15) is 0 Å². The zero-order valence-electron chi connectivity index (χ0n) is 12.0. The quantitative estimate of drug-likeness (QED) is 0.660. The maximum absolute atomic E-state index is 5.89. The molecule has 21 heavy (non-hydrogen) atoms. The minimum absolute atomic E-state index is 0.764. The van der Waals surface area contributed by atoms with Crippen molar-refractivity contribution in [3.05, 3.63) is 78.4 Å². The van der Waals surface area contributed by atoms with E-state index in [0.717, 1.165) is 17.1 Å². The highest BCUT2D eigenvalue weighted by Crippen LogP contribution is 2.31. The van der Waals surface area contributed by atoms with Gasteiger partial charge in [-0.2, -0.15) is 0 Å². The van der Waals surface area contributed by atoms with Crippen LogP contribution in [0.4, 0.5) is 17.1 Å². The van der Waals surface area contributed by atoms with Crippen molar-refractivity contribution >= 4 is 17.1 Å². The standard InChI is InChI=1S/C19H18N2/c1-14-11-12-16(20)13-19(14)21-18-10-6-5-9-17(18)15-7-3-2-4-8-15/h2-13,21H,20H2,1H3. The van der Waals surface area contributed by atoms with E-state index in [1.807, 2.05) is 30.3 Å². The van der Waals surface area contributed by atoms with Crippen molar-refractivity contribution in [2.45, 2.75) is 6.92 Å². The lowest BCUT2D eigenvalue weighted by atomic mass is 10.0. The summed E-state index contributed by atoms with van der Waals surface area (Å²) in [6.07, 6.45) is 0. The Morgan fingerprint density at radius 3 is 2.29 bits per heavy atom. The molecule has 3 aromatic rings. The van der Waals surface area contributed by atoms with Crippen LogP contribution in [-0.4, -0.2) is 0 Å². The molecule has 0 amide bonds. The number of aryl methyl sites for hydroxylation is 1. The van der Waals surface area contributed by atoms with E-state index in [9.17, 15) is 0 Å². The summed E-state index contributed by atoms with van der Waals surface area (Å²) in [5.41, 5.74) is 12.3. The highest BCUT2D eigenvalue weighted by Gasteiger charge is 2.06. The van der Waals surface area contributed by atoms with E-state index in [4.69, 9.17) is 5.73 Å². The Balaban J connectivity index is 2.02. The zero-order chi connectivity index (χ0) is 14.7. The second-order valence-corrected chi connectivity index (χ2v) is 5.11. The zero-order valence-corrected chi connectivity index (χ0v) is 12.0. The molecule has 3 rings (SSSR count). The minimum Gasteiger partial charge on any atom is -0.399 e. The van der Waals surface area contributed by atoms with E-state index < -0.39 is 0 Å². The molecule has 0 aliphatic rings. The molecule has 0 aliphatic carbocycles. The predicted octanol–water partition coefficient (Wildman–Crippen LogP) is 4.99. The molecule has 3 N–H and O–H groups in total. The van der Waals surface area contributed by atoms with E-state index in [2.05, 4.69) is 54.7 Å². The Morgan fingerprint density at radius 2 is 1.48 bits per heavy atom. The van der Waals surface area contributed by atoms with Gasteiger partial charge < -0.3 is 11.1 Å². The van der Waals surface area contributed by atoms with E-state index in [-0.39, 0.29) is 0 Å². The fourth-order valence-electron chi connectivity index (χ4n) is 2.38. The molecule has 104 valence electrons. The Morgan fingerprint density at radius 1 is 0.762 bits per heavy atom. The topological polar surface area (TPSA) is 38.0 Å². The molecule has 0 aliphatic heterocycles. The Labute approximate surface area is 125 Å². The Kier molecular flexibility index (Phi) is 3.61. The number of rotatable bonds is 3. The summed E-state index contributed by atoms with van der Waals surface area (Å²) in [4.78, 5) is 0. The molecule has 0 radical (unpaired) electrons.